The predicted molar refractivity (Wildman–Crippen MR) is 72.8 cm³/mol. The molecule has 1 N–H and O–H groups in total. The highest BCUT2D eigenvalue weighted by Crippen LogP contribution is 2.21. The first kappa shape index (κ1) is 14.3. The molecule has 0 unspecified atom stereocenters. The van der Waals surface area contributed by atoms with Crippen molar-refractivity contribution in [2.24, 2.45) is 5.92 Å². The van der Waals surface area contributed by atoms with Gasteiger partial charge in [0.1, 0.15) is 5.75 Å². The number of hydrogen-bond acceptors (Lipinski definition) is 2. The fourth-order valence-corrected chi connectivity index (χ4v) is 1.69. The Labute approximate surface area is 108 Å². The number of hydrogen-bond donors (Lipinski definition) is 1. The zero-order chi connectivity index (χ0) is 13.5. The van der Waals surface area contributed by atoms with Gasteiger partial charge in [0.2, 0.25) is 0 Å². The molecule has 0 fully saturated rings. The van der Waals surface area contributed by atoms with E-state index in [2.05, 4.69) is 13.8 Å². The molecule has 0 amide bonds. The van der Waals surface area contributed by atoms with Crippen LogP contribution in [0.3, 0.4) is 0 Å². The van der Waals surface area contributed by atoms with Crippen LogP contribution in [-0.4, -0.2) is 18.2 Å². The van der Waals surface area contributed by atoms with Crippen LogP contribution in [0.15, 0.2) is 24.3 Å². The molecule has 0 bridgehead atoms. The first-order valence-corrected chi connectivity index (χ1v) is 6.11. The van der Waals surface area contributed by atoms with Gasteiger partial charge >= 0.3 is 5.97 Å². The summed E-state index contributed by atoms with van der Waals surface area (Å²) in [5.74, 6) is 0.495. The zero-order valence-corrected chi connectivity index (χ0v) is 11.1. The van der Waals surface area contributed by atoms with E-state index >= 15 is 0 Å². The van der Waals surface area contributed by atoms with Crippen molar-refractivity contribution in [2.75, 3.05) is 7.11 Å². The first-order valence-electron chi connectivity index (χ1n) is 6.11. The number of benzene rings is 1. The number of rotatable bonds is 6. The molecule has 1 rings (SSSR count). The number of methoxy groups -OCH3 is 1. The molecular formula is C15H20O3. The van der Waals surface area contributed by atoms with Gasteiger partial charge < -0.3 is 9.84 Å². The van der Waals surface area contributed by atoms with Gasteiger partial charge in [-0.1, -0.05) is 19.9 Å². The molecule has 0 saturated heterocycles. The summed E-state index contributed by atoms with van der Waals surface area (Å²) in [5.41, 5.74) is 2.07. The van der Waals surface area contributed by atoms with Crippen LogP contribution in [0.25, 0.3) is 6.08 Å². The van der Waals surface area contributed by atoms with Crippen molar-refractivity contribution >= 4 is 12.0 Å². The first-order chi connectivity index (χ1) is 8.52. The van der Waals surface area contributed by atoms with E-state index in [1.807, 2.05) is 18.2 Å². The molecular weight excluding hydrogens is 228 g/mol. The van der Waals surface area contributed by atoms with Gasteiger partial charge in [0, 0.05) is 6.08 Å². The summed E-state index contributed by atoms with van der Waals surface area (Å²) in [6.07, 6.45) is 4.80. The predicted octanol–water partition coefficient (Wildman–Crippen LogP) is 3.38. The third kappa shape index (κ3) is 4.62. The average Bonchev–Trinajstić information content (AvgIpc) is 2.34. The smallest absolute Gasteiger partial charge is 0.328 e. The third-order valence-corrected chi connectivity index (χ3v) is 2.75. The van der Waals surface area contributed by atoms with E-state index in [4.69, 9.17) is 9.84 Å². The lowest BCUT2D eigenvalue weighted by Crippen LogP contribution is -1.96. The summed E-state index contributed by atoms with van der Waals surface area (Å²) in [7, 11) is 1.63. The Hall–Kier alpha value is -1.77. The maximum absolute atomic E-state index is 10.6. The Kier molecular flexibility index (Phi) is 5.43. The van der Waals surface area contributed by atoms with Crippen molar-refractivity contribution in [3.05, 3.63) is 35.4 Å². The molecule has 0 spiro atoms. The SMILES string of the molecule is COc1ccc(/C=C/C(=O)O)c(CCC(C)C)c1. The Bertz CT molecular complexity index is 433. The van der Waals surface area contributed by atoms with Crippen LogP contribution in [-0.2, 0) is 11.2 Å². The van der Waals surface area contributed by atoms with Gasteiger partial charge in [0.15, 0.2) is 0 Å². The molecule has 18 heavy (non-hydrogen) atoms. The topological polar surface area (TPSA) is 46.5 Å². The van der Waals surface area contributed by atoms with Gasteiger partial charge in [-0.15, -0.1) is 0 Å². The molecule has 3 nitrogen and oxygen atoms in total. The average molecular weight is 248 g/mol. The normalized spacial score (nSPS) is 11.1. The maximum Gasteiger partial charge on any atom is 0.328 e. The van der Waals surface area contributed by atoms with Crippen molar-refractivity contribution in [3.63, 3.8) is 0 Å². The molecule has 98 valence electrons. The minimum Gasteiger partial charge on any atom is -0.497 e. The van der Waals surface area contributed by atoms with E-state index in [1.165, 1.54) is 6.08 Å². The number of carboxylic acid groups (broad SMARTS) is 1. The second-order valence-electron chi connectivity index (χ2n) is 4.67. The second-order valence-corrected chi connectivity index (χ2v) is 4.67. The van der Waals surface area contributed by atoms with Crippen molar-refractivity contribution in [3.8, 4) is 5.75 Å². The van der Waals surface area contributed by atoms with E-state index in [1.54, 1.807) is 13.2 Å². The molecule has 3 heteroatoms. The van der Waals surface area contributed by atoms with Gasteiger partial charge in [0.25, 0.3) is 0 Å². The summed E-state index contributed by atoms with van der Waals surface area (Å²) in [6.45, 7) is 4.35. The number of carboxylic acids is 1. The van der Waals surface area contributed by atoms with Gasteiger partial charge in [-0.2, -0.15) is 0 Å². The quantitative estimate of drug-likeness (QED) is 0.785. The Balaban J connectivity index is 2.96. The number of ether oxygens (including phenoxy) is 1. The summed E-state index contributed by atoms with van der Waals surface area (Å²) in [5, 5.41) is 8.67. The summed E-state index contributed by atoms with van der Waals surface area (Å²) >= 11 is 0. The minimum atomic E-state index is -0.930. The summed E-state index contributed by atoms with van der Waals surface area (Å²) in [4.78, 5) is 10.6. The Morgan fingerprint density at radius 1 is 1.44 bits per heavy atom. The van der Waals surface area contributed by atoms with E-state index in [0.717, 1.165) is 29.7 Å². The van der Waals surface area contributed by atoms with Gasteiger partial charge in [0.05, 0.1) is 7.11 Å². The van der Waals surface area contributed by atoms with Crippen LogP contribution >= 0.6 is 0 Å². The van der Waals surface area contributed by atoms with Crippen LogP contribution in [0.2, 0.25) is 0 Å². The lowest BCUT2D eigenvalue weighted by Gasteiger charge is -2.10. The molecule has 0 aliphatic heterocycles. The van der Waals surface area contributed by atoms with E-state index in [-0.39, 0.29) is 0 Å². The fourth-order valence-electron chi connectivity index (χ4n) is 1.69. The lowest BCUT2D eigenvalue weighted by atomic mass is 9.98. The Morgan fingerprint density at radius 3 is 2.72 bits per heavy atom. The van der Waals surface area contributed by atoms with Crippen molar-refractivity contribution in [1.82, 2.24) is 0 Å². The second kappa shape index (κ2) is 6.84. The van der Waals surface area contributed by atoms with Crippen molar-refractivity contribution < 1.29 is 14.6 Å². The standard InChI is InChI=1S/C15H20O3/c1-11(2)4-5-13-10-14(18-3)8-6-12(13)7-9-15(16)17/h6-11H,4-5H2,1-3H3,(H,16,17)/b9-7+. The number of carbonyl (C=O) groups is 1. The maximum atomic E-state index is 10.6. The highest BCUT2D eigenvalue weighted by atomic mass is 16.5. The van der Waals surface area contributed by atoms with Crippen LogP contribution in [0.1, 0.15) is 31.4 Å². The summed E-state index contributed by atoms with van der Waals surface area (Å²) < 4.78 is 5.20. The van der Waals surface area contributed by atoms with Crippen LogP contribution in [0, 0.1) is 5.92 Å². The largest absolute Gasteiger partial charge is 0.497 e. The van der Waals surface area contributed by atoms with Gasteiger partial charge in [-0.3, -0.25) is 0 Å². The monoisotopic (exact) mass is 248 g/mol. The highest BCUT2D eigenvalue weighted by molar-refractivity contribution is 5.85. The fraction of sp³-hybridized carbons (Fsp3) is 0.400. The molecule has 0 aromatic heterocycles. The molecule has 0 saturated carbocycles. The van der Waals surface area contributed by atoms with Crippen LogP contribution in [0.5, 0.6) is 5.75 Å². The molecule has 1 aromatic rings. The third-order valence-electron chi connectivity index (χ3n) is 2.75. The molecule has 0 aliphatic rings. The van der Waals surface area contributed by atoms with Crippen molar-refractivity contribution in [2.45, 2.75) is 26.7 Å². The van der Waals surface area contributed by atoms with Gasteiger partial charge in [-0.25, -0.2) is 4.79 Å². The summed E-state index contributed by atoms with van der Waals surface area (Å²) in [6, 6.07) is 5.72. The molecule has 0 atom stereocenters. The van der Waals surface area contributed by atoms with E-state index in [0.29, 0.717) is 5.92 Å². The zero-order valence-electron chi connectivity index (χ0n) is 11.1. The molecule has 0 aliphatic carbocycles. The minimum absolute atomic E-state index is 0.618. The van der Waals surface area contributed by atoms with E-state index in [9.17, 15) is 4.79 Å². The number of aliphatic carboxylic acids is 1. The van der Waals surface area contributed by atoms with Crippen LogP contribution < -0.4 is 4.74 Å². The van der Waals surface area contributed by atoms with E-state index < -0.39 is 5.97 Å². The molecule has 0 radical (unpaired) electrons. The molecule has 1 aromatic carbocycles. The Morgan fingerprint density at radius 2 is 2.17 bits per heavy atom. The van der Waals surface area contributed by atoms with Crippen LogP contribution in [0.4, 0.5) is 0 Å². The van der Waals surface area contributed by atoms with Gasteiger partial charge in [-0.05, 0) is 48.1 Å². The molecule has 0 heterocycles. The highest BCUT2D eigenvalue weighted by Gasteiger charge is 2.04. The van der Waals surface area contributed by atoms with Crippen molar-refractivity contribution in [1.29, 1.82) is 0 Å². The lowest BCUT2D eigenvalue weighted by molar-refractivity contribution is -0.131. The number of aryl methyl sites for hydroxylation is 1.